The molecule has 7 heteroatoms. The number of nitrogens with zero attached hydrogens (tertiary/aromatic N) is 3. The number of benzene rings is 1. The van der Waals surface area contributed by atoms with Crippen LogP contribution >= 0.6 is 0 Å². The topological polar surface area (TPSA) is 81.1 Å². The summed E-state index contributed by atoms with van der Waals surface area (Å²) >= 11 is 0. The molecule has 0 bridgehead atoms. The van der Waals surface area contributed by atoms with Crippen LogP contribution in [0.3, 0.4) is 0 Å². The molecule has 0 fully saturated rings. The maximum atomic E-state index is 11.7. The summed E-state index contributed by atoms with van der Waals surface area (Å²) in [5.74, 6) is 1.55. The largest absolute Gasteiger partial charge is 0.492 e. The molecule has 0 saturated heterocycles. The highest BCUT2D eigenvalue weighted by Crippen LogP contribution is 2.15. The van der Waals surface area contributed by atoms with Crippen LogP contribution in [0.2, 0.25) is 0 Å². The van der Waals surface area contributed by atoms with Crippen LogP contribution in [0, 0.1) is 13.8 Å². The van der Waals surface area contributed by atoms with Crippen molar-refractivity contribution in [1.82, 2.24) is 25.4 Å². The maximum absolute atomic E-state index is 11.7. The van der Waals surface area contributed by atoms with E-state index in [4.69, 9.17) is 4.74 Å². The first-order valence-electron chi connectivity index (χ1n) is 7.68. The van der Waals surface area contributed by atoms with Crippen LogP contribution in [0.4, 0.5) is 4.79 Å². The van der Waals surface area contributed by atoms with Crippen molar-refractivity contribution in [3.05, 3.63) is 41.5 Å². The van der Waals surface area contributed by atoms with Crippen LogP contribution in [0.1, 0.15) is 23.9 Å². The Morgan fingerprint density at radius 1 is 1.22 bits per heavy atom. The molecule has 23 heavy (non-hydrogen) atoms. The fraction of sp³-hybridized carbons (Fsp3) is 0.438. The van der Waals surface area contributed by atoms with E-state index < -0.39 is 0 Å². The second-order valence-electron chi connectivity index (χ2n) is 5.31. The normalized spacial score (nSPS) is 10.4. The molecule has 2 amide bonds. The molecule has 2 aromatic rings. The Kier molecular flexibility index (Phi) is 5.96. The van der Waals surface area contributed by atoms with E-state index in [-0.39, 0.29) is 6.03 Å². The van der Waals surface area contributed by atoms with Crippen molar-refractivity contribution in [2.24, 2.45) is 0 Å². The standard InChI is InChI=1S/C16H23N5O2/c1-4-21-11-19-20-15(21)10-18-16(22)17-5-6-23-14-8-12(2)7-13(3)9-14/h7-9,11H,4-6,10H2,1-3H3,(H2,17,18,22). The van der Waals surface area contributed by atoms with Crippen LogP contribution in [0.15, 0.2) is 24.5 Å². The number of hydrogen-bond acceptors (Lipinski definition) is 4. The van der Waals surface area contributed by atoms with E-state index in [1.807, 2.05) is 37.5 Å². The first-order chi connectivity index (χ1) is 11.1. The summed E-state index contributed by atoms with van der Waals surface area (Å²) < 4.78 is 7.51. The molecule has 0 aliphatic rings. The molecule has 7 nitrogen and oxygen atoms in total. The molecule has 2 N–H and O–H groups in total. The number of hydrogen-bond donors (Lipinski definition) is 2. The number of carbonyl (C=O) groups excluding carboxylic acids is 1. The van der Waals surface area contributed by atoms with E-state index in [0.29, 0.717) is 19.7 Å². The third-order valence-electron chi connectivity index (χ3n) is 3.30. The molecule has 1 aromatic heterocycles. The summed E-state index contributed by atoms with van der Waals surface area (Å²) in [6.45, 7) is 8.02. The zero-order chi connectivity index (χ0) is 16.7. The number of amides is 2. The summed E-state index contributed by atoms with van der Waals surface area (Å²) in [5, 5.41) is 13.3. The Hall–Kier alpha value is -2.57. The molecule has 0 atom stereocenters. The van der Waals surface area contributed by atoms with E-state index in [0.717, 1.165) is 29.2 Å². The monoisotopic (exact) mass is 317 g/mol. The molecule has 0 spiro atoms. The zero-order valence-electron chi connectivity index (χ0n) is 13.8. The maximum Gasteiger partial charge on any atom is 0.315 e. The van der Waals surface area contributed by atoms with Gasteiger partial charge in [0.2, 0.25) is 0 Å². The van der Waals surface area contributed by atoms with Gasteiger partial charge in [-0.25, -0.2) is 4.79 Å². The fourth-order valence-electron chi connectivity index (χ4n) is 2.25. The highest BCUT2D eigenvalue weighted by atomic mass is 16.5. The van der Waals surface area contributed by atoms with Crippen LogP contribution in [-0.4, -0.2) is 33.9 Å². The lowest BCUT2D eigenvalue weighted by atomic mass is 10.1. The SMILES string of the molecule is CCn1cnnc1CNC(=O)NCCOc1cc(C)cc(C)c1. The molecule has 0 saturated carbocycles. The summed E-state index contributed by atoms with van der Waals surface area (Å²) in [6, 6.07) is 5.79. The summed E-state index contributed by atoms with van der Waals surface area (Å²) in [4.78, 5) is 11.7. The lowest BCUT2D eigenvalue weighted by Crippen LogP contribution is -2.37. The van der Waals surface area contributed by atoms with Gasteiger partial charge in [0.05, 0.1) is 13.1 Å². The molecular weight excluding hydrogens is 294 g/mol. The molecule has 1 heterocycles. The smallest absolute Gasteiger partial charge is 0.315 e. The number of urea groups is 1. The summed E-state index contributed by atoms with van der Waals surface area (Å²) in [7, 11) is 0. The van der Waals surface area contributed by atoms with Crippen LogP contribution < -0.4 is 15.4 Å². The number of aromatic nitrogens is 3. The molecule has 1 aromatic carbocycles. The quantitative estimate of drug-likeness (QED) is 0.763. The third-order valence-corrected chi connectivity index (χ3v) is 3.30. The van der Waals surface area contributed by atoms with Crippen molar-refractivity contribution in [3.8, 4) is 5.75 Å². The van der Waals surface area contributed by atoms with Gasteiger partial charge in [0, 0.05) is 6.54 Å². The first-order valence-corrected chi connectivity index (χ1v) is 7.68. The van der Waals surface area contributed by atoms with Gasteiger partial charge in [-0.05, 0) is 44.0 Å². The Balaban J connectivity index is 1.67. The lowest BCUT2D eigenvalue weighted by molar-refractivity contribution is 0.235. The number of rotatable bonds is 7. The van der Waals surface area contributed by atoms with Gasteiger partial charge in [0.15, 0.2) is 5.82 Å². The van der Waals surface area contributed by atoms with E-state index >= 15 is 0 Å². The van der Waals surface area contributed by atoms with Crippen molar-refractivity contribution in [2.45, 2.75) is 33.9 Å². The van der Waals surface area contributed by atoms with Crippen molar-refractivity contribution >= 4 is 6.03 Å². The Bertz CT molecular complexity index is 633. The van der Waals surface area contributed by atoms with Gasteiger partial charge < -0.3 is 19.9 Å². The highest BCUT2D eigenvalue weighted by Gasteiger charge is 2.05. The summed E-state index contributed by atoms with van der Waals surface area (Å²) in [5.41, 5.74) is 2.32. The Morgan fingerprint density at radius 2 is 1.96 bits per heavy atom. The van der Waals surface area contributed by atoms with Gasteiger partial charge in [-0.2, -0.15) is 0 Å². The number of nitrogens with one attached hydrogen (secondary N) is 2. The Labute approximate surface area is 136 Å². The van der Waals surface area contributed by atoms with Gasteiger partial charge in [0.25, 0.3) is 0 Å². The predicted octanol–water partition coefficient (Wildman–Crippen LogP) is 1.79. The fourth-order valence-corrected chi connectivity index (χ4v) is 2.25. The molecular formula is C16H23N5O2. The number of ether oxygens (including phenoxy) is 1. The van der Waals surface area contributed by atoms with E-state index in [9.17, 15) is 4.79 Å². The van der Waals surface area contributed by atoms with Gasteiger partial charge in [-0.3, -0.25) is 0 Å². The molecule has 0 aliphatic carbocycles. The number of carbonyl (C=O) groups is 1. The van der Waals surface area contributed by atoms with Crippen molar-refractivity contribution in [3.63, 3.8) is 0 Å². The second-order valence-corrected chi connectivity index (χ2v) is 5.31. The minimum absolute atomic E-state index is 0.250. The predicted molar refractivity (Wildman–Crippen MR) is 87.3 cm³/mol. The first kappa shape index (κ1) is 16.8. The molecule has 0 unspecified atom stereocenters. The zero-order valence-corrected chi connectivity index (χ0v) is 13.8. The third kappa shape index (κ3) is 5.28. The van der Waals surface area contributed by atoms with E-state index in [1.54, 1.807) is 6.33 Å². The van der Waals surface area contributed by atoms with E-state index in [1.165, 1.54) is 0 Å². The number of aryl methyl sites for hydroxylation is 3. The summed E-state index contributed by atoms with van der Waals surface area (Å²) in [6.07, 6.45) is 1.65. The van der Waals surface area contributed by atoms with Gasteiger partial charge in [0.1, 0.15) is 18.7 Å². The van der Waals surface area contributed by atoms with E-state index in [2.05, 4.69) is 26.9 Å². The van der Waals surface area contributed by atoms with Gasteiger partial charge in [-0.15, -0.1) is 10.2 Å². The van der Waals surface area contributed by atoms with Crippen LogP contribution in [0.5, 0.6) is 5.75 Å². The average Bonchev–Trinajstić information content (AvgIpc) is 2.96. The van der Waals surface area contributed by atoms with Gasteiger partial charge in [-0.1, -0.05) is 6.07 Å². The second kappa shape index (κ2) is 8.17. The van der Waals surface area contributed by atoms with Crippen molar-refractivity contribution in [1.29, 1.82) is 0 Å². The van der Waals surface area contributed by atoms with Crippen LogP contribution in [0.25, 0.3) is 0 Å². The average molecular weight is 317 g/mol. The molecule has 0 aliphatic heterocycles. The minimum Gasteiger partial charge on any atom is -0.492 e. The van der Waals surface area contributed by atoms with Gasteiger partial charge >= 0.3 is 6.03 Å². The lowest BCUT2D eigenvalue weighted by Gasteiger charge is -2.10. The molecule has 0 radical (unpaired) electrons. The van der Waals surface area contributed by atoms with Crippen molar-refractivity contribution in [2.75, 3.05) is 13.2 Å². The molecule has 124 valence electrons. The van der Waals surface area contributed by atoms with Crippen molar-refractivity contribution < 1.29 is 9.53 Å². The highest BCUT2D eigenvalue weighted by molar-refractivity contribution is 5.73. The molecule has 2 rings (SSSR count). The Morgan fingerprint density at radius 3 is 2.65 bits per heavy atom. The minimum atomic E-state index is -0.250. The van der Waals surface area contributed by atoms with Crippen LogP contribution in [-0.2, 0) is 13.1 Å².